The summed E-state index contributed by atoms with van der Waals surface area (Å²) in [6.45, 7) is 6.34. The van der Waals surface area contributed by atoms with E-state index >= 15 is 0 Å². The molecule has 2 aliphatic heterocycles. The summed E-state index contributed by atoms with van der Waals surface area (Å²) < 4.78 is 11.5. The number of nitrogens with zero attached hydrogens (tertiary/aromatic N) is 1. The highest BCUT2D eigenvalue weighted by molar-refractivity contribution is 5.85. The summed E-state index contributed by atoms with van der Waals surface area (Å²) in [5.41, 5.74) is 1.13. The van der Waals surface area contributed by atoms with Crippen LogP contribution < -0.4 is 0 Å². The molecular weight excluding hydrogens is 242 g/mol. The average Bonchev–Trinajstić information content (AvgIpc) is 2.80. The number of hydrogen-bond acceptors (Lipinski definition) is 3. The summed E-state index contributed by atoms with van der Waals surface area (Å²) in [7, 11) is 0. The number of carbonyl (C=O) groups is 1. The van der Waals surface area contributed by atoms with Gasteiger partial charge in [-0.15, -0.1) is 0 Å². The highest BCUT2D eigenvalue weighted by Gasteiger charge is 2.55. The molecule has 3 rings (SSSR count). The Bertz CT molecular complexity index is 485. The topological polar surface area (TPSA) is 38.8 Å². The summed E-state index contributed by atoms with van der Waals surface area (Å²) in [6, 6.07) is 10.0. The van der Waals surface area contributed by atoms with Gasteiger partial charge in [0.15, 0.2) is 11.9 Å². The van der Waals surface area contributed by atoms with Gasteiger partial charge < -0.3 is 14.4 Å². The Labute approximate surface area is 113 Å². The van der Waals surface area contributed by atoms with Crippen molar-refractivity contribution in [1.82, 2.24) is 4.90 Å². The summed E-state index contributed by atoms with van der Waals surface area (Å²) in [5.74, 6) is -0.620. The van der Waals surface area contributed by atoms with E-state index in [0.29, 0.717) is 6.54 Å². The molecule has 0 N–H and O–H groups in total. The van der Waals surface area contributed by atoms with Crippen molar-refractivity contribution in [3.63, 3.8) is 0 Å². The highest BCUT2D eigenvalue weighted by Crippen LogP contribution is 2.37. The van der Waals surface area contributed by atoms with E-state index in [9.17, 15) is 4.79 Å². The fourth-order valence-corrected chi connectivity index (χ4v) is 2.88. The van der Waals surface area contributed by atoms with Crippen molar-refractivity contribution in [2.45, 2.75) is 51.4 Å². The first kappa shape index (κ1) is 12.6. The SMILES string of the molecule is C[C@@H]1[C@H]2OC(C)(C)O[C@H]2C(=O)N1Cc1ccccc1. The minimum absolute atomic E-state index is 0.0342. The molecule has 2 saturated heterocycles. The maximum absolute atomic E-state index is 12.4. The molecule has 102 valence electrons. The summed E-state index contributed by atoms with van der Waals surface area (Å²) in [6.07, 6.45) is -0.611. The average molecular weight is 261 g/mol. The lowest BCUT2D eigenvalue weighted by Crippen LogP contribution is -2.38. The Morgan fingerprint density at radius 2 is 1.89 bits per heavy atom. The van der Waals surface area contributed by atoms with Crippen molar-refractivity contribution in [3.8, 4) is 0 Å². The van der Waals surface area contributed by atoms with Crippen molar-refractivity contribution in [3.05, 3.63) is 35.9 Å². The molecule has 0 spiro atoms. The van der Waals surface area contributed by atoms with Crippen molar-refractivity contribution in [1.29, 1.82) is 0 Å². The minimum Gasteiger partial charge on any atom is -0.342 e. The molecule has 0 unspecified atom stereocenters. The zero-order chi connectivity index (χ0) is 13.6. The monoisotopic (exact) mass is 261 g/mol. The molecule has 0 aromatic heterocycles. The molecule has 1 aromatic rings. The van der Waals surface area contributed by atoms with Crippen LogP contribution in [0.2, 0.25) is 0 Å². The van der Waals surface area contributed by atoms with E-state index in [4.69, 9.17) is 9.47 Å². The van der Waals surface area contributed by atoms with E-state index in [2.05, 4.69) is 0 Å². The third kappa shape index (κ3) is 2.15. The van der Waals surface area contributed by atoms with E-state index in [1.54, 1.807) is 0 Å². The fourth-order valence-electron chi connectivity index (χ4n) is 2.88. The van der Waals surface area contributed by atoms with Gasteiger partial charge in [0.25, 0.3) is 5.91 Å². The van der Waals surface area contributed by atoms with Crippen molar-refractivity contribution in [2.75, 3.05) is 0 Å². The largest absolute Gasteiger partial charge is 0.342 e. The second-order valence-electron chi connectivity index (χ2n) is 5.71. The molecule has 1 amide bonds. The van der Waals surface area contributed by atoms with Crippen LogP contribution in [0, 0.1) is 0 Å². The third-order valence-electron chi connectivity index (χ3n) is 3.82. The maximum Gasteiger partial charge on any atom is 0.255 e. The number of carbonyl (C=O) groups excluding carboxylic acids is 1. The number of ether oxygens (including phenoxy) is 2. The molecule has 3 atom stereocenters. The first-order chi connectivity index (χ1) is 8.98. The van der Waals surface area contributed by atoms with Gasteiger partial charge in [-0.25, -0.2) is 0 Å². The lowest BCUT2D eigenvalue weighted by Gasteiger charge is -2.27. The molecular formula is C15H19NO3. The highest BCUT2D eigenvalue weighted by atomic mass is 16.8. The lowest BCUT2D eigenvalue weighted by atomic mass is 10.1. The van der Waals surface area contributed by atoms with Crippen LogP contribution in [0.3, 0.4) is 0 Å². The van der Waals surface area contributed by atoms with Crippen molar-refractivity contribution >= 4 is 5.91 Å². The molecule has 0 saturated carbocycles. The first-order valence-corrected chi connectivity index (χ1v) is 6.68. The van der Waals surface area contributed by atoms with Crippen LogP contribution in [0.15, 0.2) is 30.3 Å². The number of benzene rings is 1. The Morgan fingerprint density at radius 1 is 1.21 bits per heavy atom. The number of rotatable bonds is 2. The van der Waals surface area contributed by atoms with E-state index < -0.39 is 11.9 Å². The van der Waals surface area contributed by atoms with Crippen LogP contribution in [0.25, 0.3) is 0 Å². The van der Waals surface area contributed by atoms with Gasteiger partial charge in [0.2, 0.25) is 0 Å². The van der Waals surface area contributed by atoms with E-state index in [0.717, 1.165) is 5.56 Å². The zero-order valence-electron chi connectivity index (χ0n) is 11.5. The quantitative estimate of drug-likeness (QED) is 0.816. The second-order valence-corrected chi connectivity index (χ2v) is 5.71. The maximum atomic E-state index is 12.4. The normalized spacial score (nSPS) is 32.7. The predicted molar refractivity (Wildman–Crippen MR) is 70.3 cm³/mol. The minimum atomic E-state index is -0.655. The molecule has 2 fully saturated rings. The van der Waals surface area contributed by atoms with Crippen LogP contribution in [-0.2, 0) is 20.8 Å². The number of likely N-dealkylation sites (tertiary alicyclic amines) is 1. The van der Waals surface area contributed by atoms with Crippen molar-refractivity contribution < 1.29 is 14.3 Å². The van der Waals surface area contributed by atoms with Gasteiger partial charge in [-0.2, -0.15) is 0 Å². The Kier molecular flexibility index (Phi) is 2.87. The predicted octanol–water partition coefficient (Wildman–Crippen LogP) is 1.94. The van der Waals surface area contributed by atoms with Crippen LogP contribution in [0.4, 0.5) is 0 Å². The Balaban J connectivity index is 1.78. The van der Waals surface area contributed by atoms with Gasteiger partial charge >= 0.3 is 0 Å². The van der Waals surface area contributed by atoms with Gasteiger partial charge in [0.1, 0.15) is 6.10 Å². The van der Waals surface area contributed by atoms with Crippen LogP contribution in [-0.4, -0.2) is 34.8 Å². The van der Waals surface area contributed by atoms with E-state index in [1.807, 2.05) is 56.0 Å². The molecule has 4 heteroatoms. The van der Waals surface area contributed by atoms with Gasteiger partial charge in [0, 0.05) is 6.54 Å². The summed E-state index contributed by atoms with van der Waals surface area (Å²) in [4.78, 5) is 14.3. The van der Waals surface area contributed by atoms with E-state index in [-0.39, 0.29) is 18.1 Å². The number of amides is 1. The first-order valence-electron chi connectivity index (χ1n) is 6.68. The van der Waals surface area contributed by atoms with Crippen LogP contribution >= 0.6 is 0 Å². The molecule has 1 aromatic carbocycles. The standard InChI is InChI=1S/C15H19NO3/c1-10-12-13(19-15(2,3)18-12)14(17)16(10)9-11-7-5-4-6-8-11/h4-8,10,12-13H,9H2,1-3H3/t10-,12-,13-/m1/s1. The number of hydrogen-bond donors (Lipinski definition) is 0. The van der Waals surface area contributed by atoms with Gasteiger partial charge in [0.05, 0.1) is 6.04 Å². The Hall–Kier alpha value is -1.39. The smallest absolute Gasteiger partial charge is 0.255 e. The van der Waals surface area contributed by atoms with Crippen molar-refractivity contribution in [2.24, 2.45) is 0 Å². The molecule has 4 nitrogen and oxygen atoms in total. The third-order valence-corrected chi connectivity index (χ3v) is 3.82. The molecule has 0 bridgehead atoms. The molecule has 19 heavy (non-hydrogen) atoms. The lowest BCUT2D eigenvalue weighted by molar-refractivity contribution is -0.172. The van der Waals surface area contributed by atoms with Crippen LogP contribution in [0.1, 0.15) is 26.3 Å². The second kappa shape index (κ2) is 4.32. The van der Waals surface area contributed by atoms with Gasteiger partial charge in [-0.05, 0) is 26.3 Å². The summed E-state index contributed by atoms with van der Waals surface area (Å²) >= 11 is 0. The van der Waals surface area contributed by atoms with Crippen LogP contribution in [0.5, 0.6) is 0 Å². The Morgan fingerprint density at radius 3 is 2.53 bits per heavy atom. The number of fused-ring (bicyclic) bond motifs is 1. The zero-order valence-corrected chi connectivity index (χ0v) is 11.5. The van der Waals surface area contributed by atoms with Gasteiger partial charge in [-0.3, -0.25) is 4.79 Å². The fraction of sp³-hybridized carbons (Fsp3) is 0.533. The summed E-state index contributed by atoms with van der Waals surface area (Å²) in [5, 5.41) is 0. The molecule has 0 radical (unpaired) electrons. The molecule has 0 aliphatic carbocycles. The van der Waals surface area contributed by atoms with Gasteiger partial charge in [-0.1, -0.05) is 30.3 Å². The molecule has 2 aliphatic rings. The van der Waals surface area contributed by atoms with E-state index in [1.165, 1.54) is 0 Å². The molecule has 2 heterocycles.